The number of nitrogen functional groups attached to an aromatic ring is 1. The van der Waals surface area contributed by atoms with Gasteiger partial charge in [-0.3, -0.25) is 9.78 Å². The minimum absolute atomic E-state index is 0.229. The van der Waals surface area contributed by atoms with Crippen LogP contribution in [0, 0.1) is 13.8 Å². The third kappa shape index (κ3) is 3.86. The highest BCUT2D eigenvalue weighted by molar-refractivity contribution is 5.96. The van der Waals surface area contributed by atoms with E-state index in [1.165, 1.54) is 4.68 Å². The molecule has 7 nitrogen and oxygen atoms in total. The largest absolute Gasteiger partial charge is 0.399 e. The molecule has 0 spiro atoms. The summed E-state index contributed by atoms with van der Waals surface area (Å²) in [7, 11) is 0. The van der Waals surface area contributed by atoms with Crippen molar-refractivity contribution in [3.05, 3.63) is 90.0 Å². The lowest BCUT2D eigenvalue weighted by Crippen LogP contribution is -2.15. The van der Waals surface area contributed by atoms with Gasteiger partial charge in [-0.25, -0.2) is 0 Å². The zero-order chi connectivity index (χ0) is 21.1. The lowest BCUT2D eigenvalue weighted by atomic mass is 10.1. The van der Waals surface area contributed by atoms with Gasteiger partial charge in [-0.15, -0.1) is 5.11 Å². The van der Waals surface area contributed by atoms with E-state index in [1.54, 1.807) is 31.5 Å². The number of hydrogen-bond acceptors (Lipinski definition) is 6. The first kappa shape index (κ1) is 19.2. The second-order valence-corrected chi connectivity index (χ2v) is 6.84. The highest BCUT2D eigenvalue weighted by Crippen LogP contribution is 2.28. The van der Waals surface area contributed by atoms with Crippen LogP contribution in [0.5, 0.6) is 0 Å². The summed E-state index contributed by atoms with van der Waals surface area (Å²) in [5.74, 6) is -0.229. The molecule has 4 aromatic rings. The van der Waals surface area contributed by atoms with E-state index in [0.29, 0.717) is 28.3 Å². The fourth-order valence-corrected chi connectivity index (χ4v) is 3.10. The summed E-state index contributed by atoms with van der Waals surface area (Å²) in [5, 5.41) is 13.0. The third-order valence-electron chi connectivity index (χ3n) is 4.75. The van der Waals surface area contributed by atoms with Crippen LogP contribution in [0.1, 0.15) is 21.7 Å². The Morgan fingerprint density at radius 2 is 1.47 bits per heavy atom. The SMILES string of the molecule is Cc1nn(C(=O)c2ccncc2)c(C)c1N=Nc1ccc(-c2ccc(N)cc2)cc1. The molecule has 2 aromatic carbocycles. The molecule has 0 amide bonds. The zero-order valence-electron chi connectivity index (χ0n) is 16.6. The Morgan fingerprint density at radius 3 is 2.10 bits per heavy atom. The zero-order valence-corrected chi connectivity index (χ0v) is 16.6. The van der Waals surface area contributed by atoms with Crippen molar-refractivity contribution in [1.29, 1.82) is 0 Å². The van der Waals surface area contributed by atoms with Crippen molar-refractivity contribution in [3.8, 4) is 11.1 Å². The molecule has 0 saturated heterocycles. The second-order valence-electron chi connectivity index (χ2n) is 6.84. The van der Waals surface area contributed by atoms with Crippen LogP contribution in [-0.4, -0.2) is 20.7 Å². The summed E-state index contributed by atoms with van der Waals surface area (Å²) in [4.78, 5) is 16.6. The van der Waals surface area contributed by atoms with Crippen molar-refractivity contribution < 1.29 is 4.79 Å². The van der Waals surface area contributed by atoms with Crippen molar-refractivity contribution in [1.82, 2.24) is 14.8 Å². The Kier molecular flexibility index (Phi) is 5.17. The number of aryl methyl sites for hydroxylation is 1. The summed E-state index contributed by atoms with van der Waals surface area (Å²) in [6.07, 6.45) is 3.15. The van der Waals surface area contributed by atoms with Crippen molar-refractivity contribution >= 4 is 23.0 Å². The first-order valence-corrected chi connectivity index (χ1v) is 9.41. The van der Waals surface area contributed by atoms with Crippen LogP contribution in [0.2, 0.25) is 0 Å². The van der Waals surface area contributed by atoms with Crippen LogP contribution in [-0.2, 0) is 0 Å². The van der Waals surface area contributed by atoms with Crippen molar-refractivity contribution in [2.75, 3.05) is 5.73 Å². The average molecular weight is 396 g/mol. The molecule has 0 unspecified atom stereocenters. The molecule has 0 atom stereocenters. The minimum Gasteiger partial charge on any atom is -0.399 e. The van der Waals surface area contributed by atoms with Gasteiger partial charge in [0.25, 0.3) is 5.91 Å². The minimum atomic E-state index is -0.229. The normalized spacial score (nSPS) is 11.1. The van der Waals surface area contributed by atoms with Gasteiger partial charge in [0.2, 0.25) is 0 Å². The summed E-state index contributed by atoms with van der Waals surface area (Å²) < 4.78 is 1.35. The van der Waals surface area contributed by atoms with E-state index < -0.39 is 0 Å². The third-order valence-corrected chi connectivity index (χ3v) is 4.75. The molecule has 2 aromatic heterocycles. The second kappa shape index (κ2) is 8.08. The van der Waals surface area contributed by atoms with Crippen LogP contribution in [0.4, 0.5) is 17.1 Å². The summed E-state index contributed by atoms with van der Waals surface area (Å²) in [6, 6.07) is 18.8. The Labute approximate surface area is 173 Å². The molecule has 2 heterocycles. The number of nitrogens with zero attached hydrogens (tertiary/aromatic N) is 5. The number of rotatable bonds is 4. The topological polar surface area (TPSA) is 98.5 Å². The maximum absolute atomic E-state index is 12.7. The summed E-state index contributed by atoms with van der Waals surface area (Å²) in [6.45, 7) is 3.61. The van der Waals surface area contributed by atoms with Gasteiger partial charge >= 0.3 is 0 Å². The molecule has 0 aliphatic rings. The van der Waals surface area contributed by atoms with Gasteiger partial charge in [-0.2, -0.15) is 14.9 Å². The van der Waals surface area contributed by atoms with E-state index in [0.717, 1.165) is 16.8 Å². The lowest BCUT2D eigenvalue weighted by Gasteiger charge is -2.03. The molecule has 0 aliphatic carbocycles. The van der Waals surface area contributed by atoms with Crippen molar-refractivity contribution in [2.24, 2.45) is 10.2 Å². The van der Waals surface area contributed by atoms with Gasteiger partial charge in [0.05, 0.1) is 17.1 Å². The number of carbonyl (C=O) groups excluding carboxylic acids is 1. The average Bonchev–Trinajstić information content (AvgIpc) is 3.06. The fraction of sp³-hybridized carbons (Fsp3) is 0.0870. The number of carbonyl (C=O) groups is 1. The molecule has 2 N–H and O–H groups in total. The molecule has 4 rings (SSSR count). The highest BCUT2D eigenvalue weighted by atomic mass is 16.2. The van der Waals surface area contributed by atoms with E-state index >= 15 is 0 Å². The maximum Gasteiger partial charge on any atom is 0.278 e. The maximum atomic E-state index is 12.7. The molecule has 0 saturated carbocycles. The first-order valence-electron chi connectivity index (χ1n) is 9.41. The van der Waals surface area contributed by atoms with Crippen LogP contribution >= 0.6 is 0 Å². The molecule has 0 radical (unpaired) electrons. The highest BCUT2D eigenvalue weighted by Gasteiger charge is 2.17. The van der Waals surface area contributed by atoms with Gasteiger partial charge in [-0.05, 0) is 61.4 Å². The first-order chi connectivity index (χ1) is 14.5. The monoisotopic (exact) mass is 396 g/mol. The lowest BCUT2D eigenvalue weighted by molar-refractivity contribution is 0.0942. The van der Waals surface area contributed by atoms with Gasteiger partial charge < -0.3 is 5.73 Å². The smallest absolute Gasteiger partial charge is 0.278 e. The Morgan fingerprint density at radius 1 is 0.867 bits per heavy atom. The molecule has 0 aliphatic heterocycles. The van der Waals surface area contributed by atoms with Crippen molar-refractivity contribution in [2.45, 2.75) is 13.8 Å². The Bertz CT molecular complexity index is 1210. The molecular formula is C23H20N6O. The van der Waals surface area contributed by atoms with Crippen molar-refractivity contribution in [3.63, 3.8) is 0 Å². The Balaban J connectivity index is 1.56. The summed E-state index contributed by atoms with van der Waals surface area (Å²) >= 11 is 0. The number of pyridine rings is 1. The quantitative estimate of drug-likeness (QED) is 0.376. The van der Waals surface area contributed by atoms with Crippen LogP contribution in [0.15, 0.2) is 83.3 Å². The Hall–Kier alpha value is -4.13. The van der Waals surface area contributed by atoms with E-state index in [2.05, 4.69) is 20.3 Å². The van der Waals surface area contributed by atoms with Crippen LogP contribution in [0.25, 0.3) is 11.1 Å². The van der Waals surface area contributed by atoms with Crippen LogP contribution in [0.3, 0.4) is 0 Å². The van der Waals surface area contributed by atoms with E-state index in [4.69, 9.17) is 5.73 Å². The van der Waals surface area contributed by atoms with Gasteiger partial charge in [0, 0.05) is 23.6 Å². The van der Waals surface area contributed by atoms with E-state index in [-0.39, 0.29) is 5.91 Å². The molecule has 7 heteroatoms. The van der Waals surface area contributed by atoms with E-state index in [1.807, 2.05) is 55.5 Å². The number of aromatic nitrogens is 3. The van der Waals surface area contributed by atoms with Gasteiger partial charge in [0.1, 0.15) is 5.69 Å². The number of anilines is 1. The number of hydrogen-bond donors (Lipinski definition) is 1. The molecule has 30 heavy (non-hydrogen) atoms. The number of nitrogens with two attached hydrogens (primary N) is 1. The van der Waals surface area contributed by atoms with Gasteiger partial charge in [-0.1, -0.05) is 24.3 Å². The molecular weight excluding hydrogens is 376 g/mol. The number of azo groups is 1. The standard InChI is InChI=1S/C23H20N6O/c1-15-22(16(2)29(28-15)23(30)19-11-13-25-14-12-19)27-26-21-9-5-18(6-10-21)17-3-7-20(24)8-4-17/h3-14H,24H2,1-2H3. The fourth-order valence-electron chi connectivity index (χ4n) is 3.10. The predicted molar refractivity (Wildman–Crippen MR) is 116 cm³/mol. The molecule has 0 fully saturated rings. The van der Waals surface area contributed by atoms with E-state index in [9.17, 15) is 4.79 Å². The van der Waals surface area contributed by atoms with Crippen LogP contribution < -0.4 is 5.73 Å². The molecule has 148 valence electrons. The van der Waals surface area contributed by atoms with Gasteiger partial charge in [0.15, 0.2) is 0 Å². The predicted octanol–water partition coefficient (Wildman–Crippen LogP) is 5.25. The summed E-state index contributed by atoms with van der Waals surface area (Å²) in [5.41, 5.74) is 11.7. The molecule has 0 bridgehead atoms. The number of benzene rings is 2.